The van der Waals surface area contributed by atoms with Gasteiger partial charge < -0.3 is 0 Å². The highest BCUT2D eigenvalue weighted by Gasteiger charge is 2.13. The summed E-state index contributed by atoms with van der Waals surface area (Å²) in [5, 5.41) is 4.06. The molecule has 0 saturated heterocycles. The number of hydrogen-bond donors (Lipinski definition) is 1. The molecule has 59 valence electrons. The van der Waals surface area contributed by atoms with Crippen molar-refractivity contribution in [2.75, 3.05) is 0 Å². The minimum absolute atomic E-state index is 0.340. The van der Waals surface area contributed by atoms with E-state index in [1.165, 1.54) is 0 Å². The summed E-state index contributed by atoms with van der Waals surface area (Å²) < 4.78 is 0. The third-order valence-electron chi connectivity index (χ3n) is 1.73. The van der Waals surface area contributed by atoms with Crippen molar-refractivity contribution in [3.8, 4) is 0 Å². The van der Waals surface area contributed by atoms with Gasteiger partial charge in [0.2, 0.25) is 0 Å². The van der Waals surface area contributed by atoms with Crippen molar-refractivity contribution >= 4 is 17.5 Å². The first-order chi connectivity index (χ1) is 5.77. The van der Waals surface area contributed by atoms with Gasteiger partial charge in [0.15, 0.2) is 4.87 Å². The van der Waals surface area contributed by atoms with Crippen molar-refractivity contribution in [2.24, 2.45) is 5.84 Å². The number of hydrazine groups is 1. The lowest BCUT2D eigenvalue weighted by molar-refractivity contribution is -0.474. The average Bonchev–Trinajstić information content (AvgIpc) is 2.49. The van der Waals surface area contributed by atoms with Crippen molar-refractivity contribution in [3.05, 3.63) is 34.9 Å². The highest BCUT2D eigenvalue weighted by Crippen LogP contribution is 2.26. The van der Waals surface area contributed by atoms with Crippen molar-refractivity contribution < 1.29 is 4.87 Å². The Bertz CT molecular complexity index is 371. The molecule has 4 nitrogen and oxygen atoms in total. The van der Waals surface area contributed by atoms with Crippen molar-refractivity contribution in [1.29, 1.82) is 0 Å². The minimum Gasteiger partial charge on any atom is -0.256 e. The number of fused-ring (bicyclic) bond motifs is 1. The van der Waals surface area contributed by atoms with Gasteiger partial charge in [-0.2, -0.15) is 5.84 Å². The second-order valence-corrected chi connectivity index (χ2v) is 2.51. The molecule has 1 aromatic rings. The van der Waals surface area contributed by atoms with E-state index in [4.69, 9.17) is 5.84 Å². The lowest BCUT2D eigenvalue weighted by Gasteiger charge is -1.94. The predicted molar refractivity (Wildman–Crippen MR) is 44.7 cm³/mol. The molecular formula is C8H7N3O+. The van der Waals surface area contributed by atoms with Crippen LogP contribution in [0.25, 0.3) is 6.08 Å². The highest BCUT2D eigenvalue weighted by molar-refractivity contribution is 5.71. The van der Waals surface area contributed by atoms with Gasteiger partial charge in [-0.1, -0.05) is 0 Å². The second-order valence-electron chi connectivity index (χ2n) is 2.51. The zero-order valence-electron chi connectivity index (χ0n) is 6.27. The molecule has 0 amide bonds. The number of nitrogens with zero attached hydrogens (tertiary/aromatic N) is 2. The molecule has 1 radical (unpaired) electrons. The Kier molecular flexibility index (Phi) is 1.33. The van der Waals surface area contributed by atoms with E-state index in [1.807, 2.05) is 6.08 Å². The van der Waals surface area contributed by atoms with Crippen molar-refractivity contribution in [1.82, 2.24) is 5.32 Å². The molecule has 1 aliphatic heterocycles. The molecule has 0 atom stereocenters. The van der Waals surface area contributed by atoms with Crippen LogP contribution in [0, 0.1) is 4.91 Å². The fourth-order valence-corrected chi connectivity index (χ4v) is 1.13. The van der Waals surface area contributed by atoms with Crippen LogP contribution in [-0.2, 0) is 0 Å². The van der Waals surface area contributed by atoms with E-state index in [0.29, 0.717) is 10.6 Å². The van der Waals surface area contributed by atoms with E-state index in [9.17, 15) is 4.91 Å². The topological polar surface area (TPSA) is 60.2 Å². The molecule has 2 rings (SSSR count). The molecule has 4 heteroatoms. The summed E-state index contributed by atoms with van der Waals surface area (Å²) in [4.78, 5) is 11.0. The quantitative estimate of drug-likeness (QED) is 0.382. The number of benzene rings is 1. The van der Waals surface area contributed by atoms with Gasteiger partial charge in [-0.05, 0) is 12.1 Å². The molecule has 0 bridgehead atoms. The fourth-order valence-electron chi connectivity index (χ4n) is 1.13. The molecule has 1 aliphatic rings. The summed E-state index contributed by atoms with van der Waals surface area (Å²) >= 11 is 0. The van der Waals surface area contributed by atoms with E-state index >= 15 is 0 Å². The molecule has 1 aromatic carbocycles. The molecule has 0 aliphatic carbocycles. The van der Waals surface area contributed by atoms with Crippen molar-refractivity contribution in [2.45, 2.75) is 0 Å². The summed E-state index contributed by atoms with van der Waals surface area (Å²) in [6, 6.07) is 5.11. The maximum Gasteiger partial charge on any atom is 0.292 e. The SMILES string of the molecule is N[N+](=O)c1ccc2c(c1)C=C[N]2. The van der Waals surface area contributed by atoms with E-state index in [-0.39, 0.29) is 0 Å². The van der Waals surface area contributed by atoms with Gasteiger partial charge in [-0.25, -0.2) is 0 Å². The Balaban J connectivity index is 2.51. The molecule has 0 spiro atoms. The lowest BCUT2D eigenvalue weighted by atomic mass is 10.2. The molecular weight excluding hydrogens is 154 g/mol. The maximum atomic E-state index is 10.7. The van der Waals surface area contributed by atoms with Gasteiger partial charge >= 0.3 is 0 Å². The fraction of sp³-hybridized carbons (Fsp3) is 0. The Morgan fingerprint density at radius 1 is 1.42 bits per heavy atom. The van der Waals surface area contributed by atoms with Gasteiger partial charge in [-0.15, -0.1) is 0 Å². The van der Waals surface area contributed by atoms with Gasteiger partial charge in [0, 0.05) is 23.9 Å². The van der Waals surface area contributed by atoms with E-state index in [1.54, 1.807) is 24.4 Å². The monoisotopic (exact) mass is 161 g/mol. The van der Waals surface area contributed by atoms with Crippen LogP contribution >= 0.6 is 0 Å². The molecule has 2 N–H and O–H groups in total. The maximum absolute atomic E-state index is 10.7. The van der Waals surface area contributed by atoms with Gasteiger partial charge in [0.1, 0.15) is 0 Å². The third-order valence-corrected chi connectivity index (χ3v) is 1.73. The molecule has 0 unspecified atom stereocenters. The Morgan fingerprint density at radius 2 is 2.25 bits per heavy atom. The third kappa shape index (κ3) is 0.934. The van der Waals surface area contributed by atoms with Crippen LogP contribution in [0.4, 0.5) is 11.4 Å². The Labute approximate surface area is 69.2 Å². The van der Waals surface area contributed by atoms with Crippen LogP contribution in [0.15, 0.2) is 24.4 Å². The van der Waals surface area contributed by atoms with Crippen LogP contribution in [0.1, 0.15) is 5.56 Å². The molecule has 0 fully saturated rings. The zero-order chi connectivity index (χ0) is 8.55. The van der Waals surface area contributed by atoms with Crippen LogP contribution in [0.5, 0.6) is 0 Å². The van der Waals surface area contributed by atoms with Crippen LogP contribution in [-0.4, -0.2) is 4.87 Å². The smallest absolute Gasteiger partial charge is 0.256 e. The van der Waals surface area contributed by atoms with E-state index in [2.05, 4.69) is 5.32 Å². The number of nitroso groups, excluding NO2 is 1. The first-order valence-electron chi connectivity index (χ1n) is 3.51. The summed E-state index contributed by atoms with van der Waals surface area (Å²) in [6.45, 7) is 0. The number of hydrogen-bond acceptors (Lipinski definition) is 1. The molecule has 12 heavy (non-hydrogen) atoms. The minimum atomic E-state index is 0.340. The summed E-state index contributed by atoms with van der Waals surface area (Å²) in [6.07, 6.45) is 3.53. The largest absolute Gasteiger partial charge is 0.292 e. The highest BCUT2D eigenvalue weighted by atomic mass is 16.3. The first kappa shape index (κ1) is 6.84. The Hall–Kier alpha value is -1.84. The molecule has 1 heterocycles. The van der Waals surface area contributed by atoms with Gasteiger partial charge in [0.25, 0.3) is 5.69 Å². The van der Waals surface area contributed by atoms with Gasteiger partial charge in [0.05, 0.1) is 10.6 Å². The number of rotatable bonds is 1. The summed E-state index contributed by atoms with van der Waals surface area (Å²) in [7, 11) is 0. The van der Waals surface area contributed by atoms with Crippen LogP contribution < -0.4 is 11.2 Å². The normalized spacial score (nSPS) is 12.3. The van der Waals surface area contributed by atoms with Crippen LogP contribution in [0.3, 0.4) is 0 Å². The lowest BCUT2D eigenvalue weighted by Crippen LogP contribution is -2.08. The standard InChI is InChI=1S/C8H7N3O/c9-11(12)7-1-2-8-6(5-7)3-4-10-8/h1-5H,(H2,9,12)/q+1. The molecule has 0 saturated carbocycles. The Morgan fingerprint density at radius 3 is 3.00 bits per heavy atom. The summed E-state index contributed by atoms with van der Waals surface area (Å²) in [5.74, 6) is 5.03. The summed E-state index contributed by atoms with van der Waals surface area (Å²) in [5.41, 5.74) is 2.25. The first-order valence-corrected chi connectivity index (χ1v) is 3.51. The van der Waals surface area contributed by atoms with Crippen LogP contribution in [0.2, 0.25) is 0 Å². The second kappa shape index (κ2) is 2.34. The number of nitrogens with two attached hydrogens (primary N) is 1. The van der Waals surface area contributed by atoms with E-state index in [0.717, 1.165) is 11.3 Å². The zero-order valence-corrected chi connectivity index (χ0v) is 6.27. The average molecular weight is 161 g/mol. The van der Waals surface area contributed by atoms with Gasteiger partial charge in [-0.3, -0.25) is 5.32 Å². The predicted octanol–water partition coefficient (Wildman–Crippen LogP) is 1.19. The molecule has 0 aromatic heterocycles. The van der Waals surface area contributed by atoms with Crippen molar-refractivity contribution in [3.63, 3.8) is 0 Å². The van der Waals surface area contributed by atoms with E-state index < -0.39 is 0 Å².